The highest BCUT2D eigenvalue weighted by Crippen LogP contribution is 2.31. The van der Waals surface area contributed by atoms with Crippen LogP contribution in [-0.2, 0) is 11.2 Å². The maximum atomic E-state index is 9.09. The summed E-state index contributed by atoms with van der Waals surface area (Å²) in [7, 11) is 1.69. The van der Waals surface area contributed by atoms with Gasteiger partial charge < -0.3 is 14.6 Å². The van der Waals surface area contributed by atoms with Crippen LogP contribution in [0, 0.1) is 0 Å². The summed E-state index contributed by atoms with van der Waals surface area (Å²) in [6.45, 7) is 3.12. The van der Waals surface area contributed by atoms with E-state index in [0.29, 0.717) is 13.2 Å². The molecule has 0 radical (unpaired) electrons. The maximum absolute atomic E-state index is 9.09. The van der Waals surface area contributed by atoms with Crippen LogP contribution in [0.4, 0.5) is 0 Å². The van der Waals surface area contributed by atoms with Crippen LogP contribution in [-0.4, -0.2) is 56.1 Å². The van der Waals surface area contributed by atoms with Gasteiger partial charge in [-0.2, -0.15) is 0 Å². The van der Waals surface area contributed by atoms with Gasteiger partial charge in [-0.15, -0.1) is 0 Å². The van der Waals surface area contributed by atoms with Gasteiger partial charge in [0.1, 0.15) is 11.9 Å². The lowest BCUT2D eigenvalue weighted by atomic mass is 10.1. The molecule has 0 aliphatic carbocycles. The molecule has 0 amide bonds. The Hall–Kier alpha value is -0.620. The highest BCUT2D eigenvalue weighted by Gasteiger charge is 2.24. The third kappa shape index (κ3) is 4.18. The van der Waals surface area contributed by atoms with Gasteiger partial charge >= 0.3 is 0 Å². The van der Waals surface area contributed by atoms with Crippen LogP contribution in [0.5, 0.6) is 5.75 Å². The van der Waals surface area contributed by atoms with Crippen LogP contribution in [0.3, 0.4) is 0 Å². The molecule has 19 heavy (non-hydrogen) atoms. The van der Waals surface area contributed by atoms with E-state index in [-0.39, 0.29) is 12.7 Å². The fourth-order valence-electron chi connectivity index (χ4n) is 2.34. The SMILES string of the molecule is COCCN(CCO)CC1Cc2cc(Br)ccc2O1. The predicted molar refractivity (Wildman–Crippen MR) is 77.7 cm³/mol. The molecule has 1 N–H and O–H groups in total. The number of nitrogens with zero attached hydrogens (tertiary/aromatic N) is 1. The van der Waals surface area contributed by atoms with Crippen molar-refractivity contribution in [1.29, 1.82) is 0 Å². The van der Waals surface area contributed by atoms with E-state index in [4.69, 9.17) is 14.6 Å². The number of aliphatic hydroxyl groups excluding tert-OH is 1. The quantitative estimate of drug-likeness (QED) is 0.826. The molecule has 0 saturated heterocycles. The summed E-state index contributed by atoms with van der Waals surface area (Å²) >= 11 is 3.48. The molecule has 1 aliphatic heterocycles. The monoisotopic (exact) mass is 329 g/mol. The number of methoxy groups -OCH3 is 1. The molecule has 106 valence electrons. The molecular formula is C14H20BrNO3. The first-order valence-corrected chi connectivity index (χ1v) is 7.29. The van der Waals surface area contributed by atoms with E-state index in [1.807, 2.05) is 12.1 Å². The minimum absolute atomic E-state index is 0.160. The molecule has 5 heteroatoms. The van der Waals surface area contributed by atoms with Gasteiger partial charge in [-0.1, -0.05) is 15.9 Å². The van der Waals surface area contributed by atoms with E-state index in [9.17, 15) is 0 Å². The van der Waals surface area contributed by atoms with E-state index < -0.39 is 0 Å². The Morgan fingerprint density at radius 3 is 3.05 bits per heavy atom. The summed E-state index contributed by atoms with van der Waals surface area (Å²) in [6.07, 6.45) is 1.08. The van der Waals surface area contributed by atoms with Crippen molar-refractivity contribution in [3.05, 3.63) is 28.2 Å². The molecule has 1 atom stereocenters. The molecule has 0 fully saturated rings. The third-order valence-corrected chi connectivity index (χ3v) is 3.75. The van der Waals surface area contributed by atoms with Crippen molar-refractivity contribution in [1.82, 2.24) is 4.90 Å². The van der Waals surface area contributed by atoms with Gasteiger partial charge in [0.2, 0.25) is 0 Å². The molecule has 2 rings (SSSR count). The number of hydrogen-bond donors (Lipinski definition) is 1. The van der Waals surface area contributed by atoms with Crippen LogP contribution in [0.2, 0.25) is 0 Å². The van der Waals surface area contributed by atoms with Gasteiger partial charge in [-0.25, -0.2) is 0 Å². The second-order valence-corrected chi connectivity index (χ2v) is 5.63. The lowest BCUT2D eigenvalue weighted by Crippen LogP contribution is -2.38. The lowest BCUT2D eigenvalue weighted by Gasteiger charge is -2.24. The lowest BCUT2D eigenvalue weighted by molar-refractivity contribution is 0.0969. The van der Waals surface area contributed by atoms with Crippen LogP contribution in [0.1, 0.15) is 5.56 Å². The van der Waals surface area contributed by atoms with Crippen molar-refractivity contribution in [2.24, 2.45) is 0 Å². The number of hydrogen-bond acceptors (Lipinski definition) is 4. The highest BCUT2D eigenvalue weighted by atomic mass is 79.9. The normalized spacial score (nSPS) is 17.6. The smallest absolute Gasteiger partial charge is 0.123 e. The molecule has 1 heterocycles. The zero-order valence-corrected chi connectivity index (χ0v) is 12.7. The van der Waals surface area contributed by atoms with Crippen LogP contribution in [0.25, 0.3) is 0 Å². The van der Waals surface area contributed by atoms with Crippen LogP contribution >= 0.6 is 15.9 Å². The van der Waals surface area contributed by atoms with Crippen molar-refractivity contribution < 1.29 is 14.6 Å². The predicted octanol–water partition coefficient (Wildman–Crippen LogP) is 1.69. The Morgan fingerprint density at radius 1 is 1.47 bits per heavy atom. The minimum atomic E-state index is 0.160. The molecule has 0 bridgehead atoms. The summed E-state index contributed by atoms with van der Waals surface area (Å²) in [5.41, 5.74) is 1.25. The van der Waals surface area contributed by atoms with Crippen molar-refractivity contribution in [2.45, 2.75) is 12.5 Å². The average molecular weight is 330 g/mol. The largest absolute Gasteiger partial charge is 0.488 e. The molecule has 1 unspecified atom stereocenters. The molecular weight excluding hydrogens is 310 g/mol. The third-order valence-electron chi connectivity index (χ3n) is 3.25. The summed E-state index contributed by atoms with van der Waals surface area (Å²) in [5.74, 6) is 0.976. The summed E-state index contributed by atoms with van der Waals surface area (Å²) in [4.78, 5) is 2.18. The second-order valence-electron chi connectivity index (χ2n) is 4.71. The van der Waals surface area contributed by atoms with Crippen molar-refractivity contribution in [3.63, 3.8) is 0 Å². The molecule has 4 nitrogen and oxygen atoms in total. The Bertz CT molecular complexity index is 414. The van der Waals surface area contributed by atoms with E-state index in [1.165, 1.54) is 5.56 Å². The minimum Gasteiger partial charge on any atom is -0.488 e. The zero-order chi connectivity index (χ0) is 13.7. The van der Waals surface area contributed by atoms with Gasteiger partial charge in [0, 0.05) is 37.6 Å². The topological polar surface area (TPSA) is 41.9 Å². The number of fused-ring (bicyclic) bond motifs is 1. The number of benzene rings is 1. The molecule has 1 aromatic rings. The van der Waals surface area contributed by atoms with Crippen molar-refractivity contribution in [3.8, 4) is 5.75 Å². The standard InChI is InChI=1S/C14H20BrNO3/c1-18-7-5-16(4-6-17)10-13-9-11-8-12(15)2-3-14(11)19-13/h2-3,8,13,17H,4-7,9-10H2,1H3. The van der Waals surface area contributed by atoms with Crippen LogP contribution < -0.4 is 4.74 Å². The number of rotatable bonds is 7. The zero-order valence-electron chi connectivity index (χ0n) is 11.1. The van der Waals surface area contributed by atoms with Crippen LogP contribution in [0.15, 0.2) is 22.7 Å². The first-order chi connectivity index (χ1) is 9.22. The van der Waals surface area contributed by atoms with Gasteiger partial charge in [0.15, 0.2) is 0 Å². The summed E-state index contributed by atoms with van der Waals surface area (Å²) in [6, 6.07) is 6.11. The average Bonchev–Trinajstić information content (AvgIpc) is 2.77. The number of halogens is 1. The summed E-state index contributed by atoms with van der Waals surface area (Å²) in [5, 5.41) is 9.09. The maximum Gasteiger partial charge on any atom is 0.123 e. The fourth-order valence-corrected chi connectivity index (χ4v) is 2.74. The Kier molecular flexibility index (Phi) is 5.63. The van der Waals surface area contributed by atoms with Gasteiger partial charge in [-0.05, 0) is 23.8 Å². The van der Waals surface area contributed by atoms with Gasteiger partial charge in [0.25, 0.3) is 0 Å². The Labute approximate surface area is 122 Å². The Morgan fingerprint density at radius 2 is 2.32 bits per heavy atom. The highest BCUT2D eigenvalue weighted by molar-refractivity contribution is 9.10. The van der Waals surface area contributed by atoms with Gasteiger partial charge in [0.05, 0.1) is 13.2 Å². The van der Waals surface area contributed by atoms with E-state index in [1.54, 1.807) is 7.11 Å². The van der Waals surface area contributed by atoms with E-state index in [2.05, 4.69) is 26.9 Å². The molecule has 0 aromatic heterocycles. The second kappa shape index (κ2) is 7.24. The fraction of sp³-hybridized carbons (Fsp3) is 0.571. The molecule has 1 aromatic carbocycles. The van der Waals surface area contributed by atoms with Crippen molar-refractivity contribution >= 4 is 15.9 Å². The number of ether oxygens (including phenoxy) is 2. The van der Waals surface area contributed by atoms with Gasteiger partial charge in [-0.3, -0.25) is 4.90 Å². The first kappa shape index (κ1) is 14.8. The Balaban J connectivity index is 1.90. The number of aliphatic hydroxyl groups is 1. The van der Waals surface area contributed by atoms with E-state index >= 15 is 0 Å². The molecule has 0 spiro atoms. The molecule has 1 aliphatic rings. The first-order valence-electron chi connectivity index (χ1n) is 6.50. The van der Waals surface area contributed by atoms with E-state index in [0.717, 1.165) is 29.7 Å². The molecule has 0 saturated carbocycles. The summed E-state index contributed by atoms with van der Waals surface area (Å²) < 4.78 is 12.1. The van der Waals surface area contributed by atoms with Crippen molar-refractivity contribution in [2.75, 3.05) is 40.0 Å².